The summed E-state index contributed by atoms with van der Waals surface area (Å²) in [5, 5.41) is 2.99. The lowest BCUT2D eigenvalue weighted by atomic mass is 10.1. The van der Waals surface area contributed by atoms with Crippen LogP contribution in [0, 0.1) is 0 Å². The topological polar surface area (TPSA) is 37.4 Å². The number of Topliss-reactive ketones (excluding diaryl/α,β-unsaturated/α-hetero) is 2. The molecule has 0 fully saturated rings. The number of allylic oxidation sites excluding steroid dienone is 1. The van der Waals surface area contributed by atoms with Crippen molar-refractivity contribution in [3.8, 4) is 0 Å². The second-order valence-electron chi connectivity index (χ2n) is 6.18. The fourth-order valence-electron chi connectivity index (χ4n) is 3.60. The maximum absolute atomic E-state index is 12.8. The van der Waals surface area contributed by atoms with E-state index in [4.69, 9.17) is 0 Å². The second kappa shape index (κ2) is 5.07. The molecule has 5 rings (SSSR count). The average molecular weight is 343 g/mol. The SMILES string of the molecule is CN1C(=C2C(=O)c3ccccc3C2=O)Sc2ccc3ccccc3c21. The van der Waals surface area contributed by atoms with Crippen molar-refractivity contribution in [1.29, 1.82) is 0 Å². The van der Waals surface area contributed by atoms with Crippen LogP contribution in [0.5, 0.6) is 0 Å². The molecule has 0 saturated carbocycles. The quantitative estimate of drug-likeness (QED) is 0.439. The Kier molecular flexibility index (Phi) is 2.94. The number of anilines is 1. The van der Waals surface area contributed by atoms with Gasteiger partial charge in [-0.15, -0.1) is 0 Å². The summed E-state index contributed by atoms with van der Waals surface area (Å²) >= 11 is 1.50. The van der Waals surface area contributed by atoms with Crippen LogP contribution in [0.1, 0.15) is 20.7 Å². The van der Waals surface area contributed by atoms with E-state index in [2.05, 4.69) is 24.3 Å². The summed E-state index contributed by atoms with van der Waals surface area (Å²) < 4.78 is 0. The van der Waals surface area contributed by atoms with Gasteiger partial charge in [0, 0.05) is 28.5 Å². The molecule has 25 heavy (non-hydrogen) atoms. The molecular weight excluding hydrogens is 330 g/mol. The smallest absolute Gasteiger partial charge is 0.200 e. The Morgan fingerprint density at radius 1 is 0.800 bits per heavy atom. The van der Waals surface area contributed by atoms with Crippen molar-refractivity contribution in [3.63, 3.8) is 0 Å². The van der Waals surface area contributed by atoms with Crippen molar-refractivity contribution in [1.82, 2.24) is 0 Å². The number of benzene rings is 3. The number of thioether (sulfide) groups is 1. The summed E-state index contributed by atoms with van der Waals surface area (Å²) in [5.41, 5.74) is 2.35. The maximum atomic E-state index is 12.8. The van der Waals surface area contributed by atoms with E-state index in [-0.39, 0.29) is 17.1 Å². The maximum Gasteiger partial charge on any atom is 0.200 e. The average Bonchev–Trinajstić information content (AvgIpc) is 3.10. The summed E-state index contributed by atoms with van der Waals surface area (Å²) in [6.07, 6.45) is 0. The van der Waals surface area contributed by atoms with Crippen LogP contribution in [-0.4, -0.2) is 18.6 Å². The van der Waals surface area contributed by atoms with Gasteiger partial charge in [0.15, 0.2) is 11.6 Å². The molecule has 1 aliphatic heterocycles. The minimum absolute atomic E-state index is 0.174. The molecule has 0 amide bonds. The highest BCUT2D eigenvalue weighted by atomic mass is 32.2. The Morgan fingerprint density at radius 2 is 1.44 bits per heavy atom. The zero-order valence-electron chi connectivity index (χ0n) is 13.4. The van der Waals surface area contributed by atoms with E-state index in [1.54, 1.807) is 24.3 Å². The number of hydrogen-bond acceptors (Lipinski definition) is 4. The molecule has 0 radical (unpaired) electrons. The monoisotopic (exact) mass is 343 g/mol. The van der Waals surface area contributed by atoms with E-state index in [1.807, 2.05) is 24.1 Å². The van der Waals surface area contributed by atoms with Gasteiger partial charge < -0.3 is 4.90 Å². The van der Waals surface area contributed by atoms with Crippen molar-refractivity contribution in [2.75, 3.05) is 11.9 Å². The number of ketones is 2. The van der Waals surface area contributed by atoms with E-state index in [9.17, 15) is 9.59 Å². The molecule has 1 heterocycles. The number of carbonyl (C=O) groups is 2. The van der Waals surface area contributed by atoms with Crippen molar-refractivity contribution in [2.45, 2.75) is 4.90 Å². The molecule has 4 heteroatoms. The first kappa shape index (κ1) is 14.5. The van der Waals surface area contributed by atoms with Crippen LogP contribution >= 0.6 is 11.8 Å². The third-order valence-electron chi connectivity index (χ3n) is 4.79. The Labute approximate surface area is 148 Å². The van der Waals surface area contributed by atoms with Crippen LogP contribution in [0.2, 0.25) is 0 Å². The first-order valence-corrected chi connectivity index (χ1v) is 8.84. The first-order chi connectivity index (χ1) is 12.2. The van der Waals surface area contributed by atoms with Gasteiger partial charge in [0.2, 0.25) is 0 Å². The zero-order valence-corrected chi connectivity index (χ0v) is 14.3. The molecule has 2 aliphatic rings. The number of rotatable bonds is 0. The Hall–Kier alpha value is -2.85. The minimum atomic E-state index is -0.174. The molecule has 0 aromatic heterocycles. The van der Waals surface area contributed by atoms with Crippen LogP contribution in [0.25, 0.3) is 10.8 Å². The highest BCUT2D eigenvalue weighted by molar-refractivity contribution is 8.03. The Morgan fingerprint density at radius 3 is 2.16 bits per heavy atom. The van der Waals surface area contributed by atoms with Gasteiger partial charge in [0.1, 0.15) is 5.57 Å². The van der Waals surface area contributed by atoms with Gasteiger partial charge in [-0.25, -0.2) is 0 Å². The summed E-state index contributed by atoms with van der Waals surface area (Å²) in [6, 6.07) is 19.4. The molecule has 120 valence electrons. The van der Waals surface area contributed by atoms with Crippen LogP contribution in [-0.2, 0) is 0 Å². The van der Waals surface area contributed by atoms with Gasteiger partial charge in [-0.05, 0) is 11.5 Å². The predicted octanol–water partition coefficient (Wildman–Crippen LogP) is 4.67. The minimum Gasteiger partial charge on any atom is -0.337 e. The van der Waals surface area contributed by atoms with Gasteiger partial charge in [0.05, 0.1) is 10.7 Å². The third kappa shape index (κ3) is 1.88. The van der Waals surface area contributed by atoms with Crippen molar-refractivity contribution in [2.24, 2.45) is 0 Å². The summed E-state index contributed by atoms with van der Waals surface area (Å²) in [7, 11) is 1.93. The van der Waals surface area contributed by atoms with Gasteiger partial charge in [0.25, 0.3) is 0 Å². The van der Waals surface area contributed by atoms with E-state index in [0.29, 0.717) is 11.1 Å². The highest BCUT2D eigenvalue weighted by Crippen LogP contribution is 2.50. The van der Waals surface area contributed by atoms with Crippen LogP contribution < -0.4 is 4.90 Å². The van der Waals surface area contributed by atoms with E-state index in [0.717, 1.165) is 26.4 Å². The fourth-order valence-corrected chi connectivity index (χ4v) is 4.81. The van der Waals surface area contributed by atoms with Crippen LogP contribution in [0.3, 0.4) is 0 Å². The van der Waals surface area contributed by atoms with Crippen LogP contribution in [0.4, 0.5) is 5.69 Å². The second-order valence-corrected chi connectivity index (χ2v) is 7.21. The third-order valence-corrected chi connectivity index (χ3v) is 6.02. The molecule has 0 saturated heterocycles. The molecule has 0 unspecified atom stereocenters. The molecule has 0 N–H and O–H groups in total. The summed E-state index contributed by atoms with van der Waals surface area (Å²) in [5.74, 6) is -0.348. The van der Waals surface area contributed by atoms with Gasteiger partial charge in [-0.1, -0.05) is 66.4 Å². The molecule has 0 spiro atoms. The molecule has 0 atom stereocenters. The van der Waals surface area contributed by atoms with E-state index >= 15 is 0 Å². The Balaban J connectivity index is 1.73. The van der Waals surface area contributed by atoms with Gasteiger partial charge in [-0.2, -0.15) is 0 Å². The number of carbonyl (C=O) groups excluding carboxylic acids is 2. The lowest BCUT2D eigenvalue weighted by molar-refractivity contribution is 0.0988. The molecule has 3 aromatic rings. The normalized spacial score (nSPS) is 16.0. The highest BCUT2D eigenvalue weighted by Gasteiger charge is 2.39. The predicted molar refractivity (Wildman–Crippen MR) is 100 cm³/mol. The standard InChI is InChI=1S/C21H13NO2S/c1-22-18-13-7-3-2-6-12(13)10-11-16(18)25-21(22)17-19(23)14-8-4-5-9-15(14)20(17)24/h2-11H,1H3. The van der Waals surface area contributed by atoms with E-state index in [1.165, 1.54) is 11.8 Å². The molecule has 0 bridgehead atoms. The number of hydrogen-bond donors (Lipinski definition) is 0. The number of nitrogens with zero attached hydrogens (tertiary/aromatic N) is 1. The first-order valence-electron chi connectivity index (χ1n) is 8.03. The molecule has 3 nitrogen and oxygen atoms in total. The van der Waals surface area contributed by atoms with Crippen LogP contribution in [0.15, 0.2) is 76.2 Å². The van der Waals surface area contributed by atoms with Crippen molar-refractivity contribution >= 4 is 39.8 Å². The van der Waals surface area contributed by atoms with Crippen molar-refractivity contribution < 1.29 is 9.59 Å². The van der Waals surface area contributed by atoms with Crippen molar-refractivity contribution in [3.05, 3.63) is 82.4 Å². The van der Waals surface area contributed by atoms with Gasteiger partial charge in [-0.3, -0.25) is 9.59 Å². The van der Waals surface area contributed by atoms with E-state index < -0.39 is 0 Å². The lowest BCUT2D eigenvalue weighted by Gasteiger charge is -2.16. The van der Waals surface area contributed by atoms with Gasteiger partial charge >= 0.3 is 0 Å². The largest absolute Gasteiger partial charge is 0.337 e. The Bertz CT molecular complexity index is 1090. The molecule has 3 aromatic carbocycles. The lowest BCUT2D eigenvalue weighted by Crippen LogP contribution is -2.16. The summed E-state index contributed by atoms with van der Waals surface area (Å²) in [6.45, 7) is 0. The zero-order chi connectivity index (χ0) is 17.1. The fraction of sp³-hybridized carbons (Fsp3) is 0.0476. The molecule has 1 aliphatic carbocycles. The summed E-state index contributed by atoms with van der Waals surface area (Å²) in [4.78, 5) is 28.7. The molecular formula is C21H13NO2S. The number of fused-ring (bicyclic) bond motifs is 4.